The summed E-state index contributed by atoms with van der Waals surface area (Å²) in [6, 6.07) is 15.1. The monoisotopic (exact) mass is 270 g/mol. The van der Waals surface area contributed by atoms with Crippen molar-refractivity contribution >= 4 is 5.97 Å². The van der Waals surface area contributed by atoms with Crippen molar-refractivity contribution in [2.45, 2.75) is 26.2 Å². The van der Waals surface area contributed by atoms with Crippen molar-refractivity contribution in [3.05, 3.63) is 59.7 Å². The second-order valence-electron chi connectivity index (χ2n) is 4.69. The number of hydrogen-bond acceptors (Lipinski definition) is 2. The maximum absolute atomic E-state index is 10.9. The smallest absolute Gasteiger partial charge is 0.310 e. The number of aryl methyl sites for hydroxylation is 1. The molecule has 1 atom stereocenters. The third-order valence-electron chi connectivity index (χ3n) is 3.33. The summed E-state index contributed by atoms with van der Waals surface area (Å²) in [5.41, 5.74) is 1.92. The molecule has 0 aliphatic heterocycles. The summed E-state index contributed by atoms with van der Waals surface area (Å²) < 4.78 is 5.85. The Bertz CT molecular complexity index is 587. The highest BCUT2D eigenvalue weighted by molar-refractivity contribution is 5.75. The predicted octanol–water partition coefficient (Wildman–Crippen LogP) is 4.23. The Hall–Kier alpha value is -2.29. The number of benzene rings is 2. The lowest BCUT2D eigenvalue weighted by molar-refractivity contribution is -0.138. The molecule has 0 saturated carbocycles. The highest BCUT2D eigenvalue weighted by atomic mass is 16.5. The first-order chi connectivity index (χ1) is 9.61. The van der Waals surface area contributed by atoms with Crippen LogP contribution in [0, 0.1) is 0 Å². The van der Waals surface area contributed by atoms with Crippen LogP contribution in [0.25, 0.3) is 0 Å². The van der Waals surface area contributed by atoms with Crippen LogP contribution in [0.4, 0.5) is 0 Å². The molecule has 2 aromatic carbocycles. The van der Waals surface area contributed by atoms with E-state index in [1.165, 1.54) is 0 Å². The highest BCUT2D eigenvalue weighted by Crippen LogP contribution is 2.27. The summed E-state index contributed by atoms with van der Waals surface area (Å²) in [5, 5.41) is 8.98. The minimum absolute atomic E-state index is 0.507. The fraction of sp³-hybridized carbons (Fsp3) is 0.235. The van der Waals surface area contributed by atoms with Crippen molar-refractivity contribution in [2.24, 2.45) is 0 Å². The topological polar surface area (TPSA) is 46.5 Å². The largest absolute Gasteiger partial charge is 0.481 e. The van der Waals surface area contributed by atoms with Crippen molar-refractivity contribution < 1.29 is 14.6 Å². The van der Waals surface area contributed by atoms with Crippen LogP contribution in [0.5, 0.6) is 11.5 Å². The molecule has 0 amide bonds. The molecule has 0 fully saturated rings. The van der Waals surface area contributed by atoms with Crippen LogP contribution < -0.4 is 4.74 Å². The Kier molecular flexibility index (Phi) is 4.41. The zero-order valence-electron chi connectivity index (χ0n) is 11.7. The van der Waals surface area contributed by atoms with Gasteiger partial charge in [-0.1, -0.05) is 37.3 Å². The fourth-order valence-electron chi connectivity index (χ4n) is 1.99. The molecule has 2 aromatic rings. The van der Waals surface area contributed by atoms with E-state index in [9.17, 15) is 4.79 Å². The van der Waals surface area contributed by atoms with Crippen molar-refractivity contribution in [1.82, 2.24) is 0 Å². The number of hydrogen-bond donors (Lipinski definition) is 1. The van der Waals surface area contributed by atoms with Gasteiger partial charge in [-0.05, 0) is 42.7 Å². The summed E-state index contributed by atoms with van der Waals surface area (Å²) in [7, 11) is 0. The molecule has 104 valence electrons. The van der Waals surface area contributed by atoms with Crippen molar-refractivity contribution in [3.8, 4) is 11.5 Å². The van der Waals surface area contributed by atoms with E-state index in [0.29, 0.717) is 5.75 Å². The molecule has 3 nitrogen and oxygen atoms in total. The minimum atomic E-state index is -0.824. The van der Waals surface area contributed by atoms with Gasteiger partial charge in [0.1, 0.15) is 11.5 Å². The maximum atomic E-state index is 10.9. The SMILES string of the molecule is CCc1ccccc1Oc1ccc(C(C)C(=O)O)cc1. The van der Waals surface area contributed by atoms with Crippen LogP contribution in [-0.4, -0.2) is 11.1 Å². The van der Waals surface area contributed by atoms with Gasteiger partial charge in [0.15, 0.2) is 0 Å². The lowest BCUT2D eigenvalue weighted by Crippen LogP contribution is -2.06. The maximum Gasteiger partial charge on any atom is 0.310 e. The molecule has 0 saturated heterocycles. The zero-order valence-corrected chi connectivity index (χ0v) is 11.7. The Morgan fingerprint density at radius 2 is 1.80 bits per heavy atom. The van der Waals surface area contributed by atoms with Gasteiger partial charge in [0.25, 0.3) is 0 Å². The Morgan fingerprint density at radius 3 is 2.40 bits per heavy atom. The van der Waals surface area contributed by atoms with Crippen molar-refractivity contribution in [3.63, 3.8) is 0 Å². The summed E-state index contributed by atoms with van der Waals surface area (Å²) >= 11 is 0. The summed E-state index contributed by atoms with van der Waals surface area (Å²) in [6.45, 7) is 3.75. The summed E-state index contributed by atoms with van der Waals surface area (Å²) in [5.74, 6) is 0.225. The van der Waals surface area contributed by atoms with E-state index in [1.54, 1.807) is 31.2 Å². The van der Waals surface area contributed by atoms with Gasteiger partial charge in [-0.2, -0.15) is 0 Å². The normalized spacial score (nSPS) is 11.9. The molecule has 20 heavy (non-hydrogen) atoms. The standard InChI is InChI=1S/C17H18O3/c1-3-13-6-4-5-7-16(13)20-15-10-8-14(9-11-15)12(2)17(18)19/h4-12H,3H2,1-2H3,(H,18,19). The van der Waals surface area contributed by atoms with Crippen LogP contribution in [-0.2, 0) is 11.2 Å². The molecule has 0 spiro atoms. The first kappa shape index (κ1) is 14.1. The lowest BCUT2D eigenvalue weighted by atomic mass is 10.0. The molecular formula is C17H18O3. The number of para-hydroxylation sites is 1. The van der Waals surface area contributed by atoms with E-state index >= 15 is 0 Å². The predicted molar refractivity (Wildman–Crippen MR) is 78.4 cm³/mol. The number of carboxylic acids is 1. The minimum Gasteiger partial charge on any atom is -0.481 e. The second-order valence-corrected chi connectivity index (χ2v) is 4.69. The van der Waals surface area contributed by atoms with Crippen LogP contribution in [0.1, 0.15) is 30.9 Å². The van der Waals surface area contributed by atoms with Crippen molar-refractivity contribution in [2.75, 3.05) is 0 Å². The molecule has 3 heteroatoms. The molecular weight excluding hydrogens is 252 g/mol. The van der Waals surface area contributed by atoms with Crippen LogP contribution in [0.3, 0.4) is 0 Å². The Labute approximate surface area is 118 Å². The van der Waals surface area contributed by atoms with E-state index in [1.807, 2.05) is 24.3 Å². The molecule has 0 aliphatic rings. The number of ether oxygens (including phenoxy) is 1. The number of aliphatic carboxylic acids is 1. The number of rotatable bonds is 5. The van der Waals surface area contributed by atoms with Gasteiger partial charge in [0.05, 0.1) is 5.92 Å². The first-order valence-corrected chi connectivity index (χ1v) is 6.70. The quantitative estimate of drug-likeness (QED) is 0.884. The molecule has 0 aliphatic carbocycles. The third kappa shape index (κ3) is 3.18. The van der Waals surface area contributed by atoms with Gasteiger partial charge in [0, 0.05) is 0 Å². The summed E-state index contributed by atoms with van der Waals surface area (Å²) in [4.78, 5) is 10.9. The molecule has 1 unspecified atom stereocenters. The van der Waals surface area contributed by atoms with Gasteiger partial charge < -0.3 is 9.84 Å². The molecule has 0 radical (unpaired) electrons. The second kappa shape index (κ2) is 6.24. The Balaban J connectivity index is 2.17. The Morgan fingerprint density at radius 1 is 1.15 bits per heavy atom. The number of carboxylic acid groups (broad SMARTS) is 1. The zero-order chi connectivity index (χ0) is 14.5. The number of carbonyl (C=O) groups is 1. The van der Waals surface area contributed by atoms with E-state index in [2.05, 4.69) is 6.92 Å². The van der Waals surface area contributed by atoms with Crippen LogP contribution in [0.2, 0.25) is 0 Å². The molecule has 2 rings (SSSR count). The van der Waals surface area contributed by atoms with E-state index in [0.717, 1.165) is 23.3 Å². The fourth-order valence-corrected chi connectivity index (χ4v) is 1.99. The van der Waals surface area contributed by atoms with Gasteiger partial charge >= 0.3 is 5.97 Å². The van der Waals surface area contributed by atoms with E-state index in [-0.39, 0.29) is 0 Å². The first-order valence-electron chi connectivity index (χ1n) is 6.70. The van der Waals surface area contributed by atoms with E-state index < -0.39 is 11.9 Å². The molecule has 0 heterocycles. The van der Waals surface area contributed by atoms with Crippen LogP contribution >= 0.6 is 0 Å². The third-order valence-corrected chi connectivity index (χ3v) is 3.33. The van der Waals surface area contributed by atoms with Gasteiger partial charge in [-0.25, -0.2) is 0 Å². The molecule has 1 N–H and O–H groups in total. The van der Waals surface area contributed by atoms with Gasteiger partial charge in [0.2, 0.25) is 0 Å². The average Bonchev–Trinajstić information content (AvgIpc) is 2.48. The van der Waals surface area contributed by atoms with Crippen LogP contribution in [0.15, 0.2) is 48.5 Å². The van der Waals surface area contributed by atoms with Gasteiger partial charge in [-0.15, -0.1) is 0 Å². The molecule has 0 aromatic heterocycles. The highest BCUT2D eigenvalue weighted by Gasteiger charge is 2.13. The van der Waals surface area contributed by atoms with Crippen molar-refractivity contribution in [1.29, 1.82) is 0 Å². The van der Waals surface area contributed by atoms with E-state index in [4.69, 9.17) is 9.84 Å². The van der Waals surface area contributed by atoms with Gasteiger partial charge in [-0.3, -0.25) is 4.79 Å². The lowest BCUT2D eigenvalue weighted by Gasteiger charge is -2.11. The average molecular weight is 270 g/mol. The molecule has 0 bridgehead atoms. The summed E-state index contributed by atoms with van der Waals surface area (Å²) in [6.07, 6.45) is 0.907.